The number of ether oxygens (including phenoxy) is 1. The molecule has 0 spiro atoms. The van der Waals surface area contributed by atoms with Gasteiger partial charge in [0.25, 0.3) is 0 Å². The predicted octanol–water partition coefficient (Wildman–Crippen LogP) is 3.95. The van der Waals surface area contributed by atoms with E-state index in [4.69, 9.17) is 27.3 Å². The average molecular weight is 305 g/mol. The Morgan fingerprint density at radius 2 is 2.10 bits per heavy atom. The van der Waals surface area contributed by atoms with Crippen LogP contribution < -0.4 is 10.5 Å². The molecule has 0 fully saturated rings. The van der Waals surface area contributed by atoms with Crippen LogP contribution in [0.4, 0.5) is 4.39 Å². The fourth-order valence-corrected chi connectivity index (χ4v) is 2.15. The first kappa shape index (κ1) is 15.3. The summed E-state index contributed by atoms with van der Waals surface area (Å²) in [6.45, 7) is 1.97. The van der Waals surface area contributed by atoms with Crippen molar-refractivity contribution < 1.29 is 9.13 Å². The standard InChI is InChI=1S/C16H14ClFN2O/c1-10(20)15-7-13(17)2-3-16(15)21-9-12-4-11(8-19)5-14(18)6-12/h2-7,10H,9,20H2,1H3. The van der Waals surface area contributed by atoms with Gasteiger partial charge in [-0.1, -0.05) is 11.6 Å². The van der Waals surface area contributed by atoms with Crippen LogP contribution in [0.3, 0.4) is 0 Å². The smallest absolute Gasteiger partial charge is 0.124 e. The Hall–Kier alpha value is -2.09. The molecule has 0 heterocycles. The van der Waals surface area contributed by atoms with E-state index in [2.05, 4.69) is 0 Å². The van der Waals surface area contributed by atoms with Gasteiger partial charge in [0.05, 0.1) is 11.6 Å². The van der Waals surface area contributed by atoms with Crippen LogP contribution in [0, 0.1) is 17.1 Å². The summed E-state index contributed by atoms with van der Waals surface area (Å²) in [5.41, 5.74) is 7.50. The highest BCUT2D eigenvalue weighted by molar-refractivity contribution is 6.30. The minimum absolute atomic E-state index is 0.147. The summed E-state index contributed by atoms with van der Waals surface area (Å²) in [7, 11) is 0. The van der Waals surface area contributed by atoms with Crippen molar-refractivity contribution in [1.29, 1.82) is 5.26 Å². The number of nitrogens with zero attached hydrogens (tertiary/aromatic N) is 1. The lowest BCUT2D eigenvalue weighted by Gasteiger charge is -2.14. The van der Waals surface area contributed by atoms with Crippen molar-refractivity contribution in [2.24, 2.45) is 5.73 Å². The van der Waals surface area contributed by atoms with E-state index in [1.165, 1.54) is 12.1 Å². The van der Waals surface area contributed by atoms with E-state index in [0.717, 1.165) is 5.56 Å². The molecule has 2 aromatic carbocycles. The van der Waals surface area contributed by atoms with Gasteiger partial charge in [-0.25, -0.2) is 4.39 Å². The quantitative estimate of drug-likeness (QED) is 0.930. The molecular weight excluding hydrogens is 291 g/mol. The van der Waals surface area contributed by atoms with Crippen LogP contribution in [0.2, 0.25) is 5.02 Å². The second kappa shape index (κ2) is 6.57. The lowest BCUT2D eigenvalue weighted by Crippen LogP contribution is -2.08. The third kappa shape index (κ3) is 3.94. The molecule has 0 amide bonds. The van der Waals surface area contributed by atoms with Crippen LogP contribution in [-0.2, 0) is 6.61 Å². The lowest BCUT2D eigenvalue weighted by molar-refractivity contribution is 0.301. The molecule has 0 aliphatic carbocycles. The van der Waals surface area contributed by atoms with Crippen LogP contribution in [0.15, 0.2) is 36.4 Å². The van der Waals surface area contributed by atoms with Crippen molar-refractivity contribution >= 4 is 11.6 Å². The van der Waals surface area contributed by atoms with Gasteiger partial charge in [-0.3, -0.25) is 0 Å². The molecule has 0 saturated heterocycles. The van der Waals surface area contributed by atoms with Gasteiger partial charge in [-0.2, -0.15) is 5.26 Å². The topological polar surface area (TPSA) is 59.0 Å². The fraction of sp³-hybridized carbons (Fsp3) is 0.188. The first-order chi connectivity index (χ1) is 9.99. The van der Waals surface area contributed by atoms with Gasteiger partial charge in [-0.15, -0.1) is 0 Å². The van der Waals surface area contributed by atoms with Gasteiger partial charge in [0, 0.05) is 16.6 Å². The molecule has 2 N–H and O–H groups in total. The Morgan fingerprint density at radius 1 is 1.33 bits per heavy atom. The summed E-state index contributed by atoms with van der Waals surface area (Å²) in [5.74, 6) is 0.133. The van der Waals surface area contributed by atoms with Crippen LogP contribution in [-0.4, -0.2) is 0 Å². The molecule has 1 atom stereocenters. The van der Waals surface area contributed by atoms with E-state index in [1.54, 1.807) is 24.3 Å². The first-order valence-corrected chi connectivity index (χ1v) is 6.75. The molecule has 0 aliphatic heterocycles. The Morgan fingerprint density at radius 3 is 2.76 bits per heavy atom. The van der Waals surface area contributed by atoms with Crippen molar-refractivity contribution in [3.8, 4) is 11.8 Å². The van der Waals surface area contributed by atoms with E-state index in [-0.39, 0.29) is 18.2 Å². The summed E-state index contributed by atoms with van der Waals surface area (Å²) < 4.78 is 19.0. The Kier molecular flexibility index (Phi) is 4.79. The molecule has 0 bridgehead atoms. The highest BCUT2D eigenvalue weighted by Crippen LogP contribution is 2.28. The number of rotatable bonds is 4. The zero-order valence-electron chi connectivity index (χ0n) is 11.4. The van der Waals surface area contributed by atoms with Crippen LogP contribution >= 0.6 is 11.6 Å². The number of benzene rings is 2. The third-order valence-electron chi connectivity index (χ3n) is 2.94. The maximum atomic E-state index is 13.4. The Labute approximate surface area is 127 Å². The Balaban J connectivity index is 2.21. The van der Waals surface area contributed by atoms with Gasteiger partial charge in [0.15, 0.2) is 0 Å². The van der Waals surface area contributed by atoms with Gasteiger partial charge < -0.3 is 10.5 Å². The van der Waals surface area contributed by atoms with Crippen molar-refractivity contribution in [1.82, 2.24) is 0 Å². The summed E-state index contributed by atoms with van der Waals surface area (Å²) in [6.07, 6.45) is 0. The van der Waals surface area contributed by atoms with E-state index in [1.807, 2.05) is 13.0 Å². The number of nitrogens with two attached hydrogens (primary N) is 1. The zero-order valence-corrected chi connectivity index (χ0v) is 12.2. The van der Waals surface area contributed by atoms with E-state index in [0.29, 0.717) is 16.3 Å². The number of nitriles is 1. The highest BCUT2D eigenvalue weighted by atomic mass is 35.5. The maximum Gasteiger partial charge on any atom is 0.124 e. The molecule has 0 radical (unpaired) electrons. The van der Waals surface area contributed by atoms with E-state index in [9.17, 15) is 4.39 Å². The van der Waals surface area contributed by atoms with Gasteiger partial charge in [0.1, 0.15) is 18.2 Å². The molecule has 1 unspecified atom stereocenters. The highest BCUT2D eigenvalue weighted by Gasteiger charge is 2.10. The van der Waals surface area contributed by atoms with E-state index < -0.39 is 5.82 Å². The average Bonchev–Trinajstić information content (AvgIpc) is 2.45. The molecule has 0 saturated carbocycles. The summed E-state index contributed by atoms with van der Waals surface area (Å²) in [5, 5.41) is 9.41. The number of hydrogen-bond acceptors (Lipinski definition) is 3. The van der Waals surface area contributed by atoms with Crippen molar-refractivity contribution in [3.05, 3.63) is 63.9 Å². The predicted molar refractivity (Wildman–Crippen MR) is 79.5 cm³/mol. The van der Waals surface area contributed by atoms with Gasteiger partial charge in [-0.05, 0) is 48.9 Å². The number of hydrogen-bond donors (Lipinski definition) is 1. The van der Waals surface area contributed by atoms with Crippen molar-refractivity contribution in [3.63, 3.8) is 0 Å². The molecule has 2 rings (SSSR count). The third-order valence-corrected chi connectivity index (χ3v) is 3.18. The fourth-order valence-electron chi connectivity index (χ4n) is 1.97. The maximum absolute atomic E-state index is 13.4. The van der Waals surface area contributed by atoms with Crippen molar-refractivity contribution in [2.45, 2.75) is 19.6 Å². The second-order valence-corrected chi connectivity index (χ2v) is 5.16. The first-order valence-electron chi connectivity index (χ1n) is 6.37. The minimum atomic E-state index is -0.462. The molecule has 0 aliphatic rings. The normalized spacial score (nSPS) is 11.8. The summed E-state index contributed by atoms with van der Waals surface area (Å²) >= 11 is 5.94. The molecular formula is C16H14ClFN2O. The SMILES string of the molecule is CC(N)c1cc(Cl)ccc1OCc1cc(F)cc(C#N)c1. The summed E-state index contributed by atoms with van der Waals surface area (Å²) in [4.78, 5) is 0. The molecule has 2 aromatic rings. The summed E-state index contributed by atoms with van der Waals surface area (Å²) in [6, 6.07) is 11.0. The monoisotopic (exact) mass is 304 g/mol. The van der Waals surface area contributed by atoms with Crippen LogP contribution in [0.1, 0.15) is 29.7 Å². The number of halogens is 2. The molecule has 0 aromatic heterocycles. The largest absolute Gasteiger partial charge is 0.489 e. The van der Waals surface area contributed by atoms with Crippen molar-refractivity contribution in [2.75, 3.05) is 0 Å². The molecule has 5 heteroatoms. The van der Waals surface area contributed by atoms with E-state index >= 15 is 0 Å². The Bertz CT molecular complexity index is 695. The van der Waals surface area contributed by atoms with Gasteiger partial charge >= 0.3 is 0 Å². The van der Waals surface area contributed by atoms with Crippen LogP contribution in [0.25, 0.3) is 0 Å². The zero-order chi connectivity index (χ0) is 15.4. The molecule has 108 valence electrons. The molecule has 21 heavy (non-hydrogen) atoms. The lowest BCUT2D eigenvalue weighted by atomic mass is 10.1. The second-order valence-electron chi connectivity index (χ2n) is 4.72. The van der Waals surface area contributed by atoms with Gasteiger partial charge in [0.2, 0.25) is 0 Å². The molecule has 3 nitrogen and oxygen atoms in total. The minimum Gasteiger partial charge on any atom is -0.489 e. The van der Waals surface area contributed by atoms with Crippen LogP contribution in [0.5, 0.6) is 5.75 Å².